The fourth-order valence-corrected chi connectivity index (χ4v) is 2.14. The number of aryl methyl sites for hydroxylation is 1. The van der Waals surface area contributed by atoms with Crippen molar-refractivity contribution in [3.8, 4) is 0 Å². The lowest BCUT2D eigenvalue weighted by Gasteiger charge is -2.19. The number of carbonyl (C=O) groups is 1. The Morgan fingerprint density at radius 2 is 1.80 bits per heavy atom. The van der Waals surface area contributed by atoms with Crippen molar-refractivity contribution in [2.24, 2.45) is 0 Å². The van der Waals surface area contributed by atoms with Gasteiger partial charge in [-0.1, -0.05) is 24.6 Å². The van der Waals surface area contributed by atoms with Crippen molar-refractivity contribution in [1.82, 2.24) is 10.1 Å². The van der Waals surface area contributed by atoms with Gasteiger partial charge in [-0.05, 0) is 40.5 Å². The zero-order chi connectivity index (χ0) is 19.1. The Morgan fingerprint density at radius 3 is 2.40 bits per heavy atom. The Morgan fingerprint density at radius 1 is 1.16 bits per heavy atom. The highest BCUT2D eigenvalue weighted by atomic mass is 19.3. The molecule has 0 saturated carbocycles. The normalized spacial score (nSPS) is 12.2. The van der Waals surface area contributed by atoms with Gasteiger partial charge in [0.25, 0.3) is 0 Å². The second kappa shape index (κ2) is 9.06. The van der Waals surface area contributed by atoms with Crippen LogP contribution < -0.4 is 0 Å². The molecule has 0 fully saturated rings. The van der Waals surface area contributed by atoms with E-state index in [1.54, 1.807) is 20.8 Å². The maximum atomic E-state index is 12.7. The molecule has 0 saturated heterocycles. The molecular weight excluding hydrogens is 330 g/mol. The molecule has 7 heteroatoms. The van der Waals surface area contributed by atoms with Gasteiger partial charge in [0.05, 0.1) is 6.42 Å². The molecule has 1 aromatic rings. The molecule has 1 rings (SSSR count). The van der Waals surface area contributed by atoms with E-state index in [1.165, 1.54) is 0 Å². The minimum Gasteiger partial charge on any atom is -0.457 e. The maximum Gasteiger partial charge on any atom is 0.334 e. The van der Waals surface area contributed by atoms with Crippen LogP contribution in [0.15, 0.2) is 16.7 Å². The van der Waals surface area contributed by atoms with Gasteiger partial charge in [0, 0.05) is 18.4 Å². The molecule has 0 radical (unpaired) electrons. The van der Waals surface area contributed by atoms with Crippen LogP contribution in [0.1, 0.15) is 71.5 Å². The molecule has 5 nitrogen and oxygen atoms in total. The molecule has 0 N–H and O–H groups in total. The molecule has 0 unspecified atom stereocenters. The van der Waals surface area contributed by atoms with Crippen LogP contribution in [0.25, 0.3) is 0 Å². The summed E-state index contributed by atoms with van der Waals surface area (Å²) >= 11 is 0. The van der Waals surface area contributed by atoms with E-state index in [0.29, 0.717) is 24.6 Å². The maximum absolute atomic E-state index is 12.7. The number of carbonyl (C=O) groups excluding carboxylic acids is 1. The highest BCUT2D eigenvalue weighted by Crippen LogP contribution is 2.21. The molecule has 1 aromatic heterocycles. The van der Waals surface area contributed by atoms with Crippen molar-refractivity contribution < 1.29 is 22.8 Å². The quantitative estimate of drug-likeness (QED) is 0.346. The van der Waals surface area contributed by atoms with Crippen LogP contribution in [0.2, 0.25) is 0 Å². The van der Waals surface area contributed by atoms with Crippen LogP contribution in [0.4, 0.5) is 8.78 Å². The van der Waals surface area contributed by atoms with E-state index in [0.717, 1.165) is 26.2 Å². The number of alkyl halides is 2. The van der Waals surface area contributed by atoms with Gasteiger partial charge >= 0.3 is 5.97 Å². The number of aromatic nitrogens is 2. The highest BCUT2D eigenvalue weighted by molar-refractivity contribution is 5.88. The summed E-state index contributed by atoms with van der Waals surface area (Å²) in [5.41, 5.74) is -0.326. The molecule has 0 amide bonds. The van der Waals surface area contributed by atoms with E-state index in [2.05, 4.69) is 16.7 Å². The fourth-order valence-electron chi connectivity index (χ4n) is 2.14. The smallest absolute Gasteiger partial charge is 0.334 e. The van der Waals surface area contributed by atoms with Crippen molar-refractivity contribution in [1.29, 1.82) is 0 Å². The van der Waals surface area contributed by atoms with Gasteiger partial charge in [-0.25, -0.2) is 13.6 Å². The van der Waals surface area contributed by atoms with Crippen molar-refractivity contribution in [2.75, 3.05) is 0 Å². The third kappa shape index (κ3) is 9.94. The molecule has 25 heavy (non-hydrogen) atoms. The minimum absolute atomic E-state index is 0.0772. The third-order valence-electron chi connectivity index (χ3n) is 3.33. The molecule has 0 bridgehead atoms. The number of ether oxygens (including phenoxy) is 1. The first-order valence-electron chi connectivity index (χ1n) is 8.57. The van der Waals surface area contributed by atoms with E-state index < -0.39 is 17.5 Å². The first-order chi connectivity index (χ1) is 11.5. The molecule has 0 aliphatic heterocycles. The van der Waals surface area contributed by atoms with Gasteiger partial charge in [-0.2, -0.15) is 4.98 Å². The number of unbranched alkanes of at least 4 members (excludes halogenated alkanes) is 3. The van der Waals surface area contributed by atoms with E-state index in [-0.39, 0.29) is 18.4 Å². The molecule has 1 heterocycles. The summed E-state index contributed by atoms with van der Waals surface area (Å²) in [6.45, 7) is 9.99. The van der Waals surface area contributed by atoms with E-state index in [1.807, 2.05) is 0 Å². The van der Waals surface area contributed by atoms with Crippen molar-refractivity contribution >= 4 is 5.97 Å². The Bertz CT molecular complexity index is 572. The summed E-state index contributed by atoms with van der Waals surface area (Å²) in [6, 6.07) is 0. The topological polar surface area (TPSA) is 65.2 Å². The Hall–Kier alpha value is -1.79. The Labute approximate surface area is 147 Å². The average Bonchev–Trinajstić information content (AvgIpc) is 2.87. The van der Waals surface area contributed by atoms with Crippen molar-refractivity contribution in [2.45, 2.75) is 84.2 Å². The molecule has 0 atom stereocenters. The third-order valence-corrected chi connectivity index (χ3v) is 3.33. The van der Waals surface area contributed by atoms with Gasteiger partial charge in [0.2, 0.25) is 11.8 Å². The number of rotatable bonds is 10. The minimum atomic E-state index is -2.58. The molecule has 0 aromatic carbocycles. The van der Waals surface area contributed by atoms with Crippen LogP contribution >= 0.6 is 0 Å². The molecule has 142 valence electrons. The summed E-state index contributed by atoms with van der Waals surface area (Å²) in [5.74, 6) is -2.21. The summed E-state index contributed by atoms with van der Waals surface area (Å²) < 4.78 is 35.7. The monoisotopic (exact) mass is 358 g/mol. The lowest BCUT2D eigenvalue weighted by Crippen LogP contribution is -2.25. The molecule has 0 aliphatic carbocycles. The number of hydrogen-bond donors (Lipinski definition) is 0. The standard InChI is InChI=1S/C18H28F2N2O3/c1-13(16(23)24-17(2,3)4)12-15-21-14(22-25-15)10-8-6-7-9-11-18(5,19)20/h1,6-12H2,2-5H3. The summed E-state index contributed by atoms with van der Waals surface area (Å²) in [7, 11) is 0. The second-order valence-corrected chi connectivity index (χ2v) is 7.37. The van der Waals surface area contributed by atoms with Crippen LogP contribution in [0.5, 0.6) is 0 Å². The van der Waals surface area contributed by atoms with Gasteiger partial charge in [-0.3, -0.25) is 0 Å². The van der Waals surface area contributed by atoms with Crippen LogP contribution in [0, 0.1) is 0 Å². The zero-order valence-corrected chi connectivity index (χ0v) is 15.5. The summed E-state index contributed by atoms with van der Waals surface area (Å²) in [5, 5.41) is 3.86. The summed E-state index contributed by atoms with van der Waals surface area (Å²) in [4.78, 5) is 16.1. The van der Waals surface area contributed by atoms with E-state index in [4.69, 9.17) is 9.26 Å². The van der Waals surface area contributed by atoms with Gasteiger partial charge in [-0.15, -0.1) is 0 Å². The van der Waals surface area contributed by atoms with Crippen molar-refractivity contribution in [3.63, 3.8) is 0 Å². The number of esters is 1. The van der Waals surface area contributed by atoms with E-state index >= 15 is 0 Å². The van der Waals surface area contributed by atoms with Gasteiger partial charge in [0.15, 0.2) is 5.82 Å². The molecule has 0 aliphatic rings. The zero-order valence-electron chi connectivity index (χ0n) is 15.5. The largest absolute Gasteiger partial charge is 0.457 e. The first kappa shape index (κ1) is 21.3. The Kier molecular flexibility index (Phi) is 7.70. The second-order valence-electron chi connectivity index (χ2n) is 7.37. The molecular formula is C18H28F2N2O3. The summed E-state index contributed by atoms with van der Waals surface area (Å²) in [6.07, 6.45) is 3.59. The van der Waals surface area contributed by atoms with Gasteiger partial charge < -0.3 is 9.26 Å². The number of hydrogen-bond acceptors (Lipinski definition) is 5. The van der Waals surface area contributed by atoms with Crippen LogP contribution in [0.3, 0.4) is 0 Å². The first-order valence-corrected chi connectivity index (χ1v) is 8.57. The average molecular weight is 358 g/mol. The van der Waals surface area contributed by atoms with E-state index in [9.17, 15) is 13.6 Å². The number of halogens is 2. The van der Waals surface area contributed by atoms with Crippen LogP contribution in [-0.4, -0.2) is 27.6 Å². The SMILES string of the molecule is C=C(Cc1nc(CCCCCCC(C)(F)F)no1)C(=O)OC(C)(C)C. The number of nitrogens with zero attached hydrogens (tertiary/aromatic N) is 2. The fraction of sp³-hybridized carbons (Fsp3) is 0.722. The highest BCUT2D eigenvalue weighted by Gasteiger charge is 2.21. The lowest BCUT2D eigenvalue weighted by atomic mass is 10.1. The lowest BCUT2D eigenvalue weighted by molar-refractivity contribution is -0.150. The van der Waals surface area contributed by atoms with Gasteiger partial charge in [0.1, 0.15) is 5.60 Å². The predicted octanol–water partition coefficient (Wildman–Crippen LogP) is 4.66. The molecule has 0 spiro atoms. The van der Waals surface area contributed by atoms with Crippen molar-refractivity contribution in [3.05, 3.63) is 23.9 Å². The van der Waals surface area contributed by atoms with Crippen LogP contribution in [-0.2, 0) is 22.4 Å². The predicted molar refractivity (Wildman–Crippen MR) is 90.4 cm³/mol. The Balaban J connectivity index is 2.30.